The van der Waals surface area contributed by atoms with E-state index in [2.05, 4.69) is 17.0 Å². The van der Waals surface area contributed by atoms with Crippen LogP contribution in [0.15, 0.2) is 30.3 Å². The van der Waals surface area contributed by atoms with Gasteiger partial charge < -0.3 is 9.84 Å². The van der Waals surface area contributed by atoms with Gasteiger partial charge in [-0.2, -0.15) is 0 Å². The third kappa shape index (κ3) is 3.81. The average Bonchev–Trinajstić information content (AvgIpc) is 2.41. The zero-order valence-corrected chi connectivity index (χ0v) is 12.2. The maximum Gasteiger partial charge on any atom is 0.302 e. The zero-order chi connectivity index (χ0) is 14.5. The van der Waals surface area contributed by atoms with Gasteiger partial charge in [0.25, 0.3) is 0 Å². The molecule has 4 heteroatoms. The number of esters is 1. The van der Waals surface area contributed by atoms with E-state index in [0.717, 1.165) is 25.8 Å². The number of likely N-dealkylation sites (N-methyl/N-ethyl adjacent to an activating group) is 1. The van der Waals surface area contributed by atoms with Gasteiger partial charge in [-0.25, -0.2) is 0 Å². The summed E-state index contributed by atoms with van der Waals surface area (Å²) in [6, 6.07) is 10.2. The van der Waals surface area contributed by atoms with E-state index in [1.54, 1.807) is 0 Å². The summed E-state index contributed by atoms with van der Waals surface area (Å²) in [7, 11) is 2.01. The zero-order valence-electron chi connectivity index (χ0n) is 12.2. The minimum Gasteiger partial charge on any atom is -0.460 e. The van der Waals surface area contributed by atoms with E-state index in [1.807, 2.05) is 25.2 Å². The molecule has 0 radical (unpaired) electrons. The first-order chi connectivity index (χ1) is 9.58. The van der Waals surface area contributed by atoms with E-state index < -0.39 is 6.10 Å². The molecule has 0 heterocycles. The molecule has 0 spiro atoms. The summed E-state index contributed by atoms with van der Waals surface area (Å²) in [5, 5.41) is 10.4. The molecule has 0 aliphatic heterocycles. The number of nitrogens with zero attached hydrogens (tertiary/aromatic N) is 1. The van der Waals surface area contributed by atoms with Crippen LogP contribution < -0.4 is 0 Å². The van der Waals surface area contributed by atoms with Gasteiger partial charge in [0.05, 0.1) is 0 Å². The Hall–Kier alpha value is -1.39. The molecule has 4 nitrogen and oxygen atoms in total. The normalized spacial score (nSPS) is 26.5. The fourth-order valence-corrected chi connectivity index (χ4v) is 2.93. The van der Waals surface area contributed by atoms with Gasteiger partial charge in [-0.3, -0.25) is 9.69 Å². The number of hydrogen-bond acceptors (Lipinski definition) is 4. The van der Waals surface area contributed by atoms with Gasteiger partial charge in [-0.05, 0) is 31.9 Å². The van der Waals surface area contributed by atoms with Crippen molar-refractivity contribution in [3.05, 3.63) is 35.9 Å². The fraction of sp³-hybridized carbons (Fsp3) is 0.562. The van der Waals surface area contributed by atoms with E-state index in [9.17, 15) is 9.90 Å². The Labute approximate surface area is 120 Å². The molecule has 1 aromatic rings. The second-order valence-corrected chi connectivity index (χ2v) is 5.54. The fourth-order valence-electron chi connectivity index (χ4n) is 2.93. The third-order valence-corrected chi connectivity index (χ3v) is 3.92. The quantitative estimate of drug-likeness (QED) is 0.855. The summed E-state index contributed by atoms with van der Waals surface area (Å²) in [4.78, 5) is 13.2. The van der Waals surface area contributed by atoms with Crippen LogP contribution in [0.2, 0.25) is 0 Å². The van der Waals surface area contributed by atoms with Crippen LogP contribution in [0.25, 0.3) is 0 Å². The number of carbonyl (C=O) groups excluding carboxylic acids is 1. The predicted octanol–water partition coefficient (Wildman–Crippen LogP) is 1.96. The van der Waals surface area contributed by atoms with Gasteiger partial charge in [0, 0.05) is 19.5 Å². The molecule has 0 saturated heterocycles. The summed E-state index contributed by atoms with van der Waals surface area (Å²) in [6.45, 7) is 2.18. The number of aliphatic hydroxyl groups is 1. The van der Waals surface area contributed by atoms with Gasteiger partial charge in [-0.15, -0.1) is 0 Å². The van der Waals surface area contributed by atoms with E-state index in [0.29, 0.717) is 0 Å². The Kier molecular flexibility index (Phi) is 5.15. The number of aliphatic hydroxyl groups excluding tert-OH is 1. The lowest BCUT2D eigenvalue weighted by Gasteiger charge is -2.39. The van der Waals surface area contributed by atoms with Crippen LogP contribution in [0.3, 0.4) is 0 Å². The third-order valence-electron chi connectivity index (χ3n) is 3.92. The van der Waals surface area contributed by atoms with Crippen molar-refractivity contribution < 1.29 is 14.6 Å². The average molecular weight is 277 g/mol. The summed E-state index contributed by atoms with van der Waals surface area (Å²) < 4.78 is 5.22. The van der Waals surface area contributed by atoms with Crippen LogP contribution >= 0.6 is 0 Å². The molecule has 0 bridgehead atoms. The highest BCUT2D eigenvalue weighted by Gasteiger charge is 2.35. The Bertz CT molecular complexity index is 435. The highest BCUT2D eigenvalue weighted by atomic mass is 16.6. The first-order valence-corrected chi connectivity index (χ1v) is 7.17. The van der Waals surface area contributed by atoms with Gasteiger partial charge in [0.2, 0.25) is 0 Å². The maximum absolute atomic E-state index is 11.1. The van der Waals surface area contributed by atoms with Crippen molar-refractivity contribution >= 4 is 5.97 Å². The Morgan fingerprint density at radius 1 is 1.35 bits per heavy atom. The number of benzene rings is 1. The minimum absolute atomic E-state index is 0.0355. The molecule has 3 atom stereocenters. The Morgan fingerprint density at radius 2 is 2.05 bits per heavy atom. The molecule has 1 fully saturated rings. The summed E-state index contributed by atoms with van der Waals surface area (Å²) in [5.74, 6) is -0.319. The van der Waals surface area contributed by atoms with Gasteiger partial charge in [0.15, 0.2) is 0 Å². The molecular weight excluding hydrogens is 254 g/mol. The number of hydrogen-bond donors (Lipinski definition) is 1. The van der Waals surface area contributed by atoms with Crippen molar-refractivity contribution in [2.24, 2.45) is 0 Å². The Morgan fingerprint density at radius 3 is 2.70 bits per heavy atom. The van der Waals surface area contributed by atoms with E-state index in [-0.39, 0.29) is 18.1 Å². The van der Waals surface area contributed by atoms with E-state index in [1.165, 1.54) is 12.5 Å². The molecule has 1 aromatic carbocycles. The lowest BCUT2D eigenvalue weighted by atomic mass is 9.88. The topological polar surface area (TPSA) is 49.8 Å². The van der Waals surface area contributed by atoms with E-state index in [4.69, 9.17) is 4.74 Å². The molecule has 0 unspecified atom stereocenters. The van der Waals surface area contributed by atoms with Crippen LogP contribution in [0.5, 0.6) is 0 Å². The summed E-state index contributed by atoms with van der Waals surface area (Å²) in [5.41, 5.74) is 1.22. The first kappa shape index (κ1) is 15.0. The summed E-state index contributed by atoms with van der Waals surface area (Å²) in [6.07, 6.45) is 1.67. The second kappa shape index (κ2) is 6.86. The highest BCUT2D eigenvalue weighted by Crippen LogP contribution is 2.26. The van der Waals surface area contributed by atoms with Crippen LogP contribution in [0.4, 0.5) is 0 Å². The van der Waals surface area contributed by atoms with Crippen molar-refractivity contribution in [3.8, 4) is 0 Å². The SMILES string of the molecule is CC(=O)O[C@@H]1CCC[C@@H](N(C)Cc2ccccc2)[C@H]1O. The van der Waals surface area contributed by atoms with Crippen molar-refractivity contribution in [3.63, 3.8) is 0 Å². The molecule has 1 N–H and O–H groups in total. The van der Waals surface area contributed by atoms with Crippen LogP contribution in [-0.2, 0) is 16.1 Å². The number of ether oxygens (including phenoxy) is 1. The molecule has 2 rings (SSSR count). The molecule has 0 aromatic heterocycles. The lowest BCUT2D eigenvalue weighted by molar-refractivity contribution is -0.159. The second-order valence-electron chi connectivity index (χ2n) is 5.54. The predicted molar refractivity (Wildman–Crippen MR) is 77.1 cm³/mol. The highest BCUT2D eigenvalue weighted by molar-refractivity contribution is 5.66. The molecule has 1 aliphatic rings. The lowest BCUT2D eigenvalue weighted by Crippen LogP contribution is -2.50. The first-order valence-electron chi connectivity index (χ1n) is 7.17. The monoisotopic (exact) mass is 277 g/mol. The van der Waals surface area contributed by atoms with Gasteiger partial charge >= 0.3 is 5.97 Å². The van der Waals surface area contributed by atoms with Crippen LogP contribution in [0, 0.1) is 0 Å². The molecule has 20 heavy (non-hydrogen) atoms. The van der Waals surface area contributed by atoms with Crippen LogP contribution in [0.1, 0.15) is 31.7 Å². The smallest absolute Gasteiger partial charge is 0.302 e. The van der Waals surface area contributed by atoms with Crippen molar-refractivity contribution in [2.75, 3.05) is 7.05 Å². The molecule has 0 amide bonds. The Balaban J connectivity index is 1.98. The number of carbonyl (C=O) groups is 1. The number of rotatable bonds is 4. The molecule has 1 saturated carbocycles. The van der Waals surface area contributed by atoms with Gasteiger partial charge in [0.1, 0.15) is 12.2 Å². The maximum atomic E-state index is 11.1. The van der Waals surface area contributed by atoms with Crippen LogP contribution in [-0.4, -0.2) is 41.3 Å². The molecular formula is C16H23NO3. The minimum atomic E-state index is -0.610. The van der Waals surface area contributed by atoms with E-state index >= 15 is 0 Å². The van der Waals surface area contributed by atoms with Crippen molar-refractivity contribution in [1.82, 2.24) is 4.90 Å². The molecule has 1 aliphatic carbocycles. The largest absolute Gasteiger partial charge is 0.460 e. The van der Waals surface area contributed by atoms with Gasteiger partial charge in [-0.1, -0.05) is 30.3 Å². The summed E-state index contributed by atoms with van der Waals surface area (Å²) >= 11 is 0. The molecule has 110 valence electrons. The van der Waals surface area contributed by atoms with Crippen molar-refractivity contribution in [1.29, 1.82) is 0 Å². The standard InChI is InChI=1S/C16H23NO3/c1-12(18)20-15-10-6-9-14(16(15)19)17(2)11-13-7-4-3-5-8-13/h3-5,7-8,14-16,19H,6,9-11H2,1-2H3/t14-,15-,16-/m1/s1. The van der Waals surface area contributed by atoms with Crippen molar-refractivity contribution in [2.45, 2.75) is 51.0 Å².